The summed E-state index contributed by atoms with van der Waals surface area (Å²) in [5.41, 5.74) is 13.9. The van der Waals surface area contributed by atoms with E-state index in [4.69, 9.17) is 20.6 Å². The number of anilines is 2. The molecule has 4 aromatic rings. The van der Waals surface area contributed by atoms with Crippen molar-refractivity contribution in [3.8, 4) is 22.8 Å². The molecule has 140 valence electrons. The first-order valence-electron chi connectivity index (χ1n) is 8.58. The summed E-state index contributed by atoms with van der Waals surface area (Å²) >= 11 is 0. The molecule has 0 aliphatic heterocycles. The van der Waals surface area contributed by atoms with Gasteiger partial charge in [-0.25, -0.2) is 4.39 Å². The van der Waals surface area contributed by atoms with Gasteiger partial charge in [0.1, 0.15) is 22.9 Å². The van der Waals surface area contributed by atoms with Crippen LogP contribution in [0.2, 0.25) is 0 Å². The molecule has 0 aliphatic carbocycles. The number of benzene rings is 3. The van der Waals surface area contributed by atoms with Crippen LogP contribution in [0.4, 0.5) is 15.8 Å². The molecule has 3 aromatic carbocycles. The lowest BCUT2D eigenvalue weighted by atomic mass is 10.1. The second kappa shape index (κ2) is 6.74. The maximum Gasteiger partial charge on any atom is 0.196 e. The summed E-state index contributed by atoms with van der Waals surface area (Å²) in [6, 6.07) is 15.7. The molecule has 0 fully saturated rings. The molecular weight excluding hydrogens is 359 g/mol. The summed E-state index contributed by atoms with van der Waals surface area (Å²) in [6.45, 7) is 1.68. The van der Waals surface area contributed by atoms with E-state index >= 15 is 0 Å². The van der Waals surface area contributed by atoms with Gasteiger partial charge in [0, 0.05) is 28.9 Å². The zero-order chi connectivity index (χ0) is 19.8. The normalized spacial score (nSPS) is 10.9. The van der Waals surface area contributed by atoms with Gasteiger partial charge in [0.05, 0.1) is 11.1 Å². The van der Waals surface area contributed by atoms with Gasteiger partial charge >= 0.3 is 0 Å². The van der Waals surface area contributed by atoms with Gasteiger partial charge in [0.15, 0.2) is 11.2 Å². The Morgan fingerprint density at radius 1 is 0.964 bits per heavy atom. The van der Waals surface area contributed by atoms with Crippen LogP contribution in [0.1, 0.15) is 5.56 Å². The number of ether oxygens (including phenoxy) is 1. The van der Waals surface area contributed by atoms with E-state index in [1.807, 2.05) is 0 Å². The molecule has 4 N–H and O–H groups in total. The average Bonchev–Trinajstić information content (AvgIpc) is 2.68. The van der Waals surface area contributed by atoms with Crippen molar-refractivity contribution in [3.63, 3.8) is 0 Å². The van der Waals surface area contributed by atoms with Crippen molar-refractivity contribution in [1.29, 1.82) is 0 Å². The summed E-state index contributed by atoms with van der Waals surface area (Å²) in [5, 5.41) is 0.427. The number of rotatable bonds is 3. The van der Waals surface area contributed by atoms with E-state index in [9.17, 15) is 9.18 Å². The minimum absolute atomic E-state index is 0.157. The smallest absolute Gasteiger partial charge is 0.196 e. The van der Waals surface area contributed by atoms with E-state index in [-0.39, 0.29) is 11.2 Å². The molecular formula is C22H17FN2O3. The van der Waals surface area contributed by atoms with Crippen LogP contribution in [0.15, 0.2) is 69.9 Å². The summed E-state index contributed by atoms with van der Waals surface area (Å²) in [5.74, 6) is 0.882. The second-order valence-electron chi connectivity index (χ2n) is 6.45. The van der Waals surface area contributed by atoms with Gasteiger partial charge in [-0.2, -0.15) is 0 Å². The Morgan fingerprint density at radius 2 is 1.71 bits per heavy atom. The molecule has 0 saturated heterocycles. The van der Waals surface area contributed by atoms with Gasteiger partial charge in [-0.15, -0.1) is 0 Å². The maximum atomic E-state index is 13.2. The summed E-state index contributed by atoms with van der Waals surface area (Å²) < 4.78 is 25.0. The lowest BCUT2D eigenvalue weighted by Gasteiger charge is -2.11. The molecule has 6 heteroatoms. The zero-order valence-electron chi connectivity index (χ0n) is 15.0. The van der Waals surface area contributed by atoms with Gasteiger partial charge in [-0.3, -0.25) is 4.79 Å². The van der Waals surface area contributed by atoms with E-state index < -0.39 is 0 Å². The number of fused-ring (bicyclic) bond motifs is 1. The van der Waals surface area contributed by atoms with Crippen molar-refractivity contribution in [1.82, 2.24) is 0 Å². The van der Waals surface area contributed by atoms with Gasteiger partial charge in [0.2, 0.25) is 0 Å². The van der Waals surface area contributed by atoms with Crippen LogP contribution in [0.5, 0.6) is 11.5 Å². The third-order valence-electron chi connectivity index (χ3n) is 4.46. The van der Waals surface area contributed by atoms with E-state index in [1.165, 1.54) is 12.1 Å². The highest BCUT2D eigenvalue weighted by Gasteiger charge is 2.14. The fourth-order valence-corrected chi connectivity index (χ4v) is 2.97. The zero-order valence-corrected chi connectivity index (χ0v) is 15.0. The van der Waals surface area contributed by atoms with E-state index in [1.54, 1.807) is 55.5 Å². The second-order valence-corrected chi connectivity index (χ2v) is 6.45. The predicted octanol–water partition coefficient (Wildman–Crippen LogP) is 4.86. The third kappa shape index (κ3) is 3.16. The summed E-state index contributed by atoms with van der Waals surface area (Å²) in [7, 11) is 0. The first-order chi connectivity index (χ1) is 13.4. The molecule has 0 bridgehead atoms. The fourth-order valence-electron chi connectivity index (χ4n) is 2.97. The van der Waals surface area contributed by atoms with E-state index in [0.717, 1.165) is 0 Å². The quantitative estimate of drug-likeness (QED) is 0.498. The standard InChI is InChI=1S/C22H17FN2O3/c1-12-21(26)17-8-7-16(27-20-10-15(24)6-9-18(20)25)11-19(17)28-22(12)13-2-4-14(23)5-3-13/h2-11H,24-25H2,1H3. The highest BCUT2D eigenvalue weighted by molar-refractivity contribution is 5.81. The lowest BCUT2D eigenvalue weighted by molar-refractivity contribution is 0.484. The lowest BCUT2D eigenvalue weighted by Crippen LogP contribution is -2.07. The molecule has 0 amide bonds. The molecule has 0 saturated carbocycles. The van der Waals surface area contributed by atoms with Crippen molar-refractivity contribution >= 4 is 22.3 Å². The van der Waals surface area contributed by atoms with Crippen LogP contribution >= 0.6 is 0 Å². The van der Waals surface area contributed by atoms with Crippen molar-refractivity contribution in [2.75, 3.05) is 11.5 Å². The van der Waals surface area contributed by atoms with Crippen LogP contribution in [0.25, 0.3) is 22.3 Å². The Kier molecular flexibility index (Phi) is 4.24. The highest BCUT2D eigenvalue weighted by Crippen LogP contribution is 2.32. The fraction of sp³-hybridized carbons (Fsp3) is 0.0455. The SMILES string of the molecule is Cc1c(-c2ccc(F)cc2)oc2cc(Oc3cc(N)ccc3N)ccc2c1=O. The Balaban J connectivity index is 1.82. The maximum absolute atomic E-state index is 13.2. The predicted molar refractivity (Wildman–Crippen MR) is 108 cm³/mol. The van der Waals surface area contributed by atoms with Gasteiger partial charge in [-0.1, -0.05) is 0 Å². The van der Waals surface area contributed by atoms with Gasteiger partial charge in [0.25, 0.3) is 0 Å². The van der Waals surface area contributed by atoms with E-state index in [2.05, 4.69) is 0 Å². The van der Waals surface area contributed by atoms with Crippen molar-refractivity contribution in [2.24, 2.45) is 0 Å². The number of halogens is 1. The molecule has 0 unspecified atom stereocenters. The van der Waals surface area contributed by atoms with Crippen molar-refractivity contribution in [3.05, 3.63) is 82.3 Å². The molecule has 28 heavy (non-hydrogen) atoms. The van der Waals surface area contributed by atoms with Gasteiger partial charge in [-0.05, 0) is 55.5 Å². The van der Waals surface area contributed by atoms with E-state index in [0.29, 0.717) is 50.7 Å². The number of nitrogens with two attached hydrogens (primary N) is 2. The number of hydrogen-bond acceptors (Lipinski definition) is 5. The molecule has 1 heterocycles. The number of hydrogen-bond donors (Lipinski definition) is 2. The van der Waals surface area contributed by atoms with Crippen molar-refractivity contribution < 1.29 is 13.5 Å². The third-order valence-corrected chi connectivity index (χ3v) is 4.46. The van der Waals surface area contributed by atoms with Crippen molar-refractivity contribution in [2.45, 2.75) is 6.92 Å². The molecule has 4 rings (SSSR count). The Hall–Kier alpha value is -3.80. The van der Waals surface area contributed by atoms with Crippen LogP contribution < -0.4 is 21.6 Å². The molecule has 0 spiro atoms. The molecule has 0 radical (unpaired) electrons. The molecule has 0 aliphatic rings. The molecule has 0 atom stereocenters. The first-order valence-corrected chi connectivity index (χ1v) is 8.58. The summed E-state index contributed by atoms with van der Waals surface area (Å²) in [4.78, 5) is 12.7. The first kappa shape index (κ1) is 17.6. The molecule has 5 nitrogen and oxygen atoms in total. The largest absolute Gasteiger partial charge is 0.455 e. The topological polar surface area (TPSA) is 91.5 Å². The monoisotopic (exact) mass is 376 g/mol. The Morgan fingerprint density at radius 3 is 2.46 bits per heavy atom. The summed E-state index contributed by atoms with van der Waals surface area (Å²) in [6.07, 6.45) is 0. The Labute approximate surface area is 160 Å². The minimum atomic E-state index is -0.361. The highest BCUT2D eigenvalue weighted by atomic mass is 19.1. The minimum Gasteiger partial charge on any atom is -0.455 e. The van der Waals surface area contributed by atoms with Crippen LogP contribution in [-0.2, 0) is 0 Å². The Bertz CT molecular complexity index is 1250. The average molecular weight is 376 g/mol. The van der Waals surface area contributed by atoms with Crippen LogP contribution in [-0.4, -0.2) is 0 Å². The number of nitrogen functional groups attached to an aromatic ring is 2. The van der Waals surface area contributed by atoms with Crippen LogP contribution in [0, 0.1) is 12.7 Å². The molecule has 1 aromatic heterocycles. The van der Waals surface area contributed by atoms with Crippen LogP contribution in [0.3, 0.4) is 0 Å². The van der Waals surface area contributed by atoms with Gasteiger partial charge < -0.3 is 20.6 Å².